The fraction of sp³-hybridized carbons (Fsp3) is 0.333. The summed E-state index contributed by atoms with van der Waals surface area (Å²) in [6, 6.07) is 28.1. The van der Waals surface area contributed by atoms with Gasteiger partial charge in [0.1, 0.15) is 0 Å². The number of likely N-dealkylation sites (tertiary alicyclic amines) is 1. The van der Waals surface area contributed by atoms with Gasteiger partial charge < -0.3 is 10.2 Å². The summed E-state index contributed by atoms with van der Waals surface area (Å²) in [7, 11) is 0. The molecule has 3 aromatic carbocycles. The quantitative estimate of drug-likeness (QED) is 0.433. The first-order valence-corrected chi connectivity index (χ1v) is 12.8. The number of rotatable bonds is 9. The molecule has 0 atom stereocenters. The number of hydrogen-bond donors (Lipinski definition) is 1. The summed E-state index contributed by atoms with van der Waals surface area (Å²) < 4.78 is 0. The highest BCUT2D eigenvalue weighted by atomic mass is 35.5. The second kappa shape index (κ2) is 12.0. The van der Waals surface area contributed by atoms with Crippen molar-refractivity contribution in [2.75, 3.05) is 19.6 Å². The summed E-state index contributed by atoms with van der Waals surface area (Å²) in [4.78, 5) is 28.3. The van der Waals surface area contributed by atoms with Crippen molar-refractivity contribution < 1.29 is 9.59 Å². The smallest absolute Gasteiger partial charge is 0.226 e. The summed E-state index contributed by atoms with van der Waals surface area (Å²) in [5.74, 6) is 0.261. The number of hydrogen-bond acceptors (Lipinski definition) is 2. The Kier molecular flexibility index (Phi) is 8.59. The Morgan fingerprint density at radius 1 is 0.771 bits per heavy atom. The van der Waals surface area contributed by atoms with Crippen LogP contribution in [-0.2, 0) is 28.9 Å². The Bertz CT molecular complexity index is 1090. The van der Waals surface area contributed by atoms with Crippen molar-refractivity contribution in [2.45, 2.75) is 38.5 Å². The first-order chi connectivity index (χ1) is 17.0. The van der Waals surface area contributed by atoms with Gasteiger partial charge in [0.2, 0.25) is 11.8 Å². The molecule has 1 fully saturated rings. The van der Waals surface area contributed by atoms with Gasteiger partial charge in [0.05, 0.1) is 5.41 Å². The third kappa shape index (κ3) is 6.95. The van der Waals surface area contributed by atoms with Gasteiger partial charge in [0.15, 0.2) is 0 Å². The third-order valence-corrected chi connectivity index (χ3v) is 7.28. The first kappa shape index (κ1) is 25.0. The van der Waals surface area contributed by atoms with Gasteiger partial charge in [-0.2, -0.15) is 0 Å². The van der Waals surface area contributed by atoms with E-state index in [1.165, 1.54) is 5.56 Å². The Balaban J connectivity index is 1.36. The molecule has 35 heavy (non-hydrogen) atoms. The maximum atomic E-state index is 13.5. The maximum Gasteiger partial charge on any atom is 0.226 e. The van der Waals surface area contributed by atoms with E-state index in [1.54, 1.807) is 0 Å². The van der Waals surface area contributed by atoms with Gasteiger partial charge in [-0.1, -0.05) is 84.4 Å². The molecular weight excluding hydrogens is 456 g/mol. The molecule has 0 radical (unpaired) electrons. The third-order valence-electron chi connectivity index (χ3n) is 7.02. The number of carbonyl (C=O) groups excluding carboxylic acids is 2. The highest BCUT2D eigenvalue weighted by Crippen LogP contribution is 2.36. The SMILES string of the molecule is O=C(CCc1ccccc1)N1CCC(Cc2ccccc2)(C(=O)NCCc2ccc(Cl)cc2)CC1. The van der Waals surface area contributed by atoms with Crippen molar-refractivity contribution >= 4 is 23.4 Å². The zero-order valence-electron chi connectivity index (χ0n) is 20.1. The summed E-state index contributed by atoms with van der Waals surface area (Å²) in [5, 5.41) is 3.90. The van der Waals surface area contributed by atoms with Crippen LogP contribution in [0.3, 0.4) is 0 Å². The van der Waals surface area contributed by atoms with Gasteiger partial charge in [-0.15, -0.1) is 0 Å². The average molecular weight is 489 g/mol. The lowest BCUT2D eigenvalue weighted by atomic mass is 9.72. The van der Waals surface area contributed by atoms with Crippen LogP contribution >= 0.6 is 11.6 Å². The minimum absolute atomic E-state index is 0.0895. The number of piperidine rings is 1. The molecular formula is C30H33ClN2O2. The number of benzene rings is 3. The molecule has 4 rings (SSSR count). The molecule has 1 N–H and O–H groups in total. The van der Waals surface area contributed by atoms with Gasteiger partial charge >= 0.3 is 0 Å². The normalized spacial score (nSPS) is 14.9. The highest BCUT2D eigenvalue weighted by molar-refractivity contribution is 6.30. The number of amides is 2. The van der Waals surface area contributed by atoms with Gasteiger partial charge in [-0.25, -0.2) is 0 Å². The van der Waals surface area contributed by atoms with Crippen LogP contribution in [0.15, 0.2) is 84.9 Å². The van der Waals surface area contributed by atoms with E-state index in [9.17, 15) is 9.59 Å². The monoisotopic (exact) mass is 488 g/mol. The van der Waals surface area contributed by atoms with Crippen LogP contribution in [0, 0.1) is 5.41 Å². The van der Waals surface area contributed by atoms with Gasteiger partial charge in [0.25, 0.3) is 0 Å². The number of nitrogens with zero attached hydrogens (tertiary/aromatic N) is 1. The molecule has 0 aromatic heterocycles. The number of nitrogens with one attached hydrogen (secondary N) is 1. The number of halogens is 1. The fourth-order valence-electron chi connectivity index (χ4n) is 4.87. The standard InChI is InChI=1S/C30H33ClN2O2/c31-27-14-11-25(12-15-27)17-20-32-29(35)30(23-26-9-5-2-6-10-26)18-21-33(22-19-30)28(34)16-13-24-7-3-1-4-8-24/h1-12,14-15H,13,16-23H2,(H,32,35). The molecule has 1 heterocycles. The molecule has 1 aliphatic heterocycles. The van der Waals surface area contributed by atoms with Crippen molar-refractivity contribution in [3.05, 3.63) is 107 Å². The van der Waals surface area contributed by atoms with Crippen LogP contribution in [0.5, 0.6) is 0 Å². The van der Waals surface area contributed by atoms with E-state index < -0.39 is 5.41 Å². The molecule has 0 spiro atoms. The molecule has 5 heteroatoms. The van der Waals surface area contributed by atoms with E-state index in [1.807, 2.05) is 65.6 Å². The molecule has 1 saturated heterocycles. The van der Waals surface area contributed by atoms with Gasteiger partial charge in [0, 0.05) is 31.1 Å². The zero-order valence-corrected chi connectivity index (χ0v) is 20.8. The van der Waals surface area contributed by atoms with Crippen LogP contribution < -0.4 is 5.32 Å². The highest BCUT2D eigenvalue weighted by Gasteiger charge is 2.42. The lowest BCUT2D eigenvalue weighted by molar-refractivity contribution is -0.140. The van der Waals surface area contributed by atoms with E-state index >= 15 is 0 Å². The predicted molar refractivity (Wildman–Crippen MR) is 141 cm³/mol. The number of aryl methyl sites for hydroxylation is 1. The molecule has 3 aromatic rings. The second-order valence-corrected chi connectivity index (χ2v) is 9.88. The van der Waals surface area contributed by atoms with E-state index in [4.69, 9.17) is 11.6 Å². The van der Waals surface area contributed by atoms with Crippen LogP contribution in [0.1, 0.15) is 36.0 Å². The average Bonchev–Trinajstić information content (AvgIpc) is 2.90. The Labute approximate surface area is 213 Å². The van der Waals surface area contributed by atoms with Gasteiger partial charge in [-0.05, 0) is 60.9 Å². The molecule has 4 nitrogen and oxygen atoms in total. The molecule has 0 aliphatic carbocycles. The minimum atomic E-state index is -0.502. The van der Waals surface area contributed by atoms with E-state index in [2.05, 4.69) is 29.6 Å². The summed E-state index contributed by atoms with van der Waals surface area (Å²) in [5.41, 5.74) is 2.98. The van der Waals surface area contributed by atoms with Crippen molar-refractivity contribution in [3.63, 3.8) is 0 Å². The van der Waals surface area contributed by atoms with E-state index in [0.717, 1.165) is 24.0 Å². The van der Waals surface area contributed by atoms with Crippen molar-refractivity contribution in [3.8, 4) is 0 Å². The molecule has 0 bridgehead atoms. The van der Waals surface area contributed by atoms with Crippen LogP contribution in [0.25, 0.3) is 0 Å². The lowest BCUT2D eigenvalue weighted by Crippen LogP contribution is -2.51. The topological polar surface area (TPSA) is 49.4 Å². The van der Waals surface area contributed by atoms with Crippen molar-refractivity contribution in [1.82, 2.24) is 10.2 Å². The van der Waals surface area contributed by atoms with E-state index in [-0.39, 0.29) is 11.8 Å². The van der Waals surface area contributed by atoms with Crippen molar-refractivity contribution in [1.29, 1.82) is 0 Å². The van der Waals surface area contributed by atoms with Gasteiger partial charge in [-0.3, -0.25) is 9.59 Å². The molecule has 1 aliphatic rings. The van der Waals surface area contributed by atoms with E-state index in [0.29, 0.717) is 50.3 Å². The molecule has 182 valence electrons. The first-order valence-electron chi connectivity index (χ1n) is 12.4. The van der Waals surface area contributed by atoms with Crippen molar-refractivity contribution in [2.24, 2.45) is 5.41 Å². The Hall–Kier alpha value is -3.11. The predicted octanol–water partition coefficient (Wildman–Crippen LogP) is 5.48. The van der Waals surface area contributed by atoms with Crippen LogP contribution in [0.4, 0.5) is 0 Å². The maximum absolute atomic E-state index is 13.5. The fourth-order valence-corrected chi connectivity index (χ4v) is 4.99. The second-order valence-electron chi connectivity index (χ2n) is 9.44. The minimum Gasteiger partial charge on any atom is -0.355 e. The zero-order chi connectivity index (χ0) is 24.5. The largest absolute Gasteiger partial charge is 0.355 e. The van der Waals surface area contributed by atoms with Crippen LogP contribution in [0.2, 0.25) is 5.02 Å². The summed E-state index contributed by atoms with van der Waals surface area (Å²) >= 11 is 5.98. The summed E-state index contributed by atoms with van der Waals surface area (Å²) in [6.45, 7) is 1.81. The van der Waals surface area contributed by atoms with Crippen LogP contribution in [-0.4, -0.2) is 36.3 Å². The molecule has 0 unspecified atom stereocenters. The Morgan fingerprint density at radius 2 is 1.34 bits per heavy atom. The molecule has 2 amide bonds. The molecule has 0 saturated carbocycles. The summed E-state index contributed by atoms with van der Waals surface area (Å²) in [6.07, 6.45) is 4.04. The Morgan fingerprint density at radius 3 is 1.97 bits per heavy atom. The number of carbonyl (C=O) groups is 2. The lowest BCUT2D eigenvalue weighted by Gasteiger charge is -2.41.